The summed E-state index contributed by atoms with van der Waals surface area (Å²) < 4.78 is 0. The van der Waals surface area contributed by atoms with Crippen LogP contribution in [0.2, 0.25) is 5.02 Å². The highest BCUT2D eigenvalue weighted by atomic mass is 35.5. The lowest BCUT2D eigenvalue weighted by atomic mass is 9.97. The van der Waals surface area contributed by atoms with E-state index in [-0.39, 0.29) is 0 Å². The van der Waals surface area contributed by atoms with E-state index in [2.05, 4.69) is 16.3 Å². The molecule has 0 amide bonds. The van der Waals surface area contributed by atoms with E-state index >= 15 is 0 Å². The summed E-state index contributed by atoms with van der Waals surface area (Å²) >= 11 is 6.14. The van der Waals surface area contributed by atoms with Gasteiger partial charge in [0.15, 0.2) is 0 Å². The first-order valence-corrected chi connectivity index (χ1v) is 7.25. The molecule has 1 aromatic rings. The molecule has 1 aliphatic rings. The van der Waals surface area contributed by atoms with E-state index in [1.165, 1.54) is 19.3 Å². The molecule has 102 valence electrons. The highest BCUT2D eigenvalue weighted by Gasteiger charge is 2.24. The third kappa shape index (κ3) is 3.20. The van der Waals surface area contributed by atoms with Gasteiger partial charge >= 0.3 is 0 Å². The normalized spacial score (nSPS) is 19.2. The van der Waals surface area contributed by atoms with Crippen molar-refractivity contribution in [3.8, 4) is 6.07 Å². The van der Waals surface area contributed by atoms with Gasteiger partial charge in [-0.05, 0) is 51.4 Å². The monoisotopic (exact) mass is 277 g/mol. The first kappa shape index (κ1) is 14.2. The summed E-state index contributed by atoms with van der Waals surface area (Å²) in [6, 6.07) is 8.49. The molecule has 2 rings (SSSR count). The van der Waals surface area contributed by atoms with Gasteiger partial charge in [0.1, 0.15) is 6.07 Å². The van der Waals surface area contributed by atoms with Crippen LogP contribution >= 0.6 is 11.6 Å². The topological polar surface area (TPSA) is 39.1 Å². The molecule has 4 heteroatoms. The van der Waals surface area contributed by atoms with Crippen molar-refractivity contribution in [2.75, 3.05) is 25.0 Å². The number of nitriles is 1. The molecular formula is C15H20ClN3. The number of nitrogens with one attached hydrogen (secondary N) is 1. The molecule has 19 heavy (non-hydrogen) atoms. The number of hydrogen-bond acceptors (Lipinski definition) is 3. The van der Waals surface area contributed by atoms with Gasteiger partial charge in [-0.1, -0.05) is 17.7 Å². The van der Waals surface area contributed by atoms with Crippen LogP contribution in [0.25, 0.3) is 0 Å². The van der Waals surface area contributed by atoms with E-state index in [1.807, 2.05) is 19.2 Å². The Labute approximate surface area is 120 Å². The van der Waals surface area contributed by atoms with E-state index < -0.39 is 0 Å². The van der Waals surface area contributed by atoms with Gasteiger partial charge in [-0.25, -0.2) is 0 Å². The van der Waals surface area contributed by atoms with Crippen LogP contribution in [0.5, 0.6) is 0 Å². The first-order chi connectivity index (χ1) is 9.27. The predicted molar refractivity (Wildman–Crippen MR) is 79.7 cm³/mol. The average molecular weight is 278 g/mol. The Kier molecular flexibility index (Phi) is 5.07. The van der Waals surface area contributed by atoms with Crippen molar-refractivity contribution in [2.45, 2.75) is 31.7 Å². The third-order valence-corrected chi connectivity index (χ3v) is 4.08. The van der Waals surface area contributed by atoms with Gasteiger partial charge in [-0.3, -0.25) is 0 Å². The summed E-state index contributed by atoms with van der Waals surface area (Å²) in [4.78, 5) is 2.37. The minimum Gasteiger partial charge on any atom is -0.367 e. The van der Waals surface area contributed by atoms with Crippen molar-refractivity contribution < 1.29 is 0 Å². The molecule has 0 saturated carbocycles. The zero-order valence-corrected chi connectivity index (χ0v) is 12.1. The van der Waals surface area contributed by atoms with Crippen LogP contribution in [0.15, 0.2) is 18.2 Å². The van der Waals surface area contributed by atoms with Crippen molar-refractivity contribution in [1.82, 2.24) is 5.32 Å². The molecule has 0 radical (unpaired) electrons. The van der Waals surface area contributed by atoms with Gasteiger partial charge in [-0.15, -0.1) is 0 Å². The predicted octanol–water partition coefficient (Wildman–Crippen LogP) is 3.18. The fraction of sp³-hybridized carbons (Fsp3) is 0.533. The maximum Gasteiger partial charge on any atom is 0.103 e. The fourth-order valence-electron chi connectivity index (χ4n) is 2.79. The molecule has 1 fully saturated rings. The zero-order valence-electron chi connectivity index (χ0n) is 11.3. The zero-order chi connectivity index (χ0) is 13.7. The Morgan fingerprint density at radius 1 is 1.47 bits per heavy atom. The molecule has 3 nitrogen and oxygen atoms in total. The Balaban J connectivity index is 2.27. The number of rotatable bonds is 4. The van der Waals surface area contributed by atoms with Crippen molar-refractivity contribution in [1.29, 1.82) is 5.26 Å². The van der Waals surface area contributed by atoms with E-state index in [1.54, 1.807) is 6.07 Å². The average Bonchev–Trinajstić information content (AvgIpc) is 2.45. The van der Waals surface area contributed by atoms with E-state index in [4.69, 9.17) is 11.6 Å². The summed E-state index contributed by atoms with van der Waals surface area (Å²) in [7, 11) is 1.98. The molecule has 1 atom stereocenters. The lowest BCUT2D eigenvalue weighted by molar-refractivity contribution is 0.433. The van der Waals surface area contributed by atoms with Crippen LogP contribution in [0.1, 0.15) is 31.2 Å². The van der Waals surface area contributed by atoms with Crippen molar-refractivity contribution in [3.05, 3.63) is 28.8 Å². The van der Waals surface area contributed by atoms with E-state index in [9.17, 15) is 5.26 Å². The van der Waals surface area contributed by atoms with Crippen molar-refractivity contribution in [3.63, 3.8) is 0 Å². The van der Waals surface area contributed by atoms with Gasteiger partial charge in [0.05, 0.1) is 16.3 Å². The van der Waals surface area contributed by atoms with Crippen LogP contribution in [0.4, 0.5) is 5.69 Å². The Morgan fingerprint density at radius 2 is 2.32 bits per heavy atom. The van der Waals surface area contributed by atoms with E-state index in [0.29, 0.717) is 16.6 Å². The highest BCUT2D eigenvalue weighted by Crippen LogP contribution is 2.32. The lowest BCUT2D eigenvalue weighted by Gasteiger charge is -2.38. The minimum atomic E-state index is 0.506. The van der Waals surface area contributed by atoms with Crippen LogP contribution in [0.3, 0.4) is 0 Å². The summed E-state index contributed by atoms with van der Waals surface area (Å²) in [6.07, 6.45) is 4.76. The summed E-state index contributed by atoms with van der Waals surface area (Å²) in [6.45, 7) is 2.02. The summed E-state index contributed by atoms with van der Waals surface area (Å²) in [5, 5.41) is 13.1. The van der Waals surface area contributed by atoms with Crippen LogP contribution in [-0.2, 0) is 0 Å². The van der Waals surface area contributed by atoms with Crippen LogP contribution < -0.4 is 10.2 Å². The molecule has 1 unspecified atom stereocenters. The minimum absolute atomic E-state index is 0.506. The molecule has 0 spiro atoms. The van der Waals surface area contributed by atoms with Gasteiger partial charge in [0, 0.05) is 12.6 Å². The number of hydrogen-bond donors (Lipinski definition) is 1. The smallest absolute Gasteiger partial charge is 0.103 e. The molecule has 0 aromatic heterocycles. The fourth-order valence-corrected chi connectivity index (χ4v) is 3.00. The molecule has 1 aliphatic heterocycles. The van der Waals surface area contributed by atoms with Gasteiger partial charge in [-0.2, -0.15) is 5.26 Å². The summed E-state index contributed by atoms with van der Waals surface area (Å²) in [5.41, 5.74) is 1.61. The Hall–Kier alpha value is -1.24. The quantitative estimate of drug-likeness (QED) is 0.919. The van der Waals surface area contributed by atoms with Gasteiger partial charge in [0.25, 0.3) is 0 Å². The second-order valence-corrected chi connectivity index (χ2v) is 5.39. The number of benzene rings is 1. The standard InChI is InChI=1S/C15H20ClN3/c1-18-9-8-12-5-2-3-10-19(12)15-7-4-6-14(16)13(15)11-17/h4,6-7,12,18H,2-3,5,8-10H2,1H3. The second kappa shape index (κ2) is 6.79. The van der Waals surface area contributed by atoms with E-state index in [0.717, 1.165) is 25.2 Å². The van der Waals surface area contributed by atoms with Crippen LogP contribution in [0, 0.1) is 11.3 Å². The Morgan fingerprint density at radius 3 is 3.05 bits per heavy atom. The number of nitrogens with zero attached hydrogens (tertiary/aromatic N) is 2. The largest absolute Gasteiger partial charge is 0.367 e. The number of halogens is 1. The molecule has 0 aliphatic carbocycles. The third-order valence-electron chi connectivity index (χ3n) is 3.77. The molecular weight excluding hydrogens is 258 g/mol. The first-order valence-electron chi connectivity index (χ1n) is 6.87. The van der Waals surface area contributed by atoms with Crippen molar-refractivity contribution in [2.24, 2.45) is 0 Å². The maximum atomic E-state index is 9.32. The molecule has 1 N–H and O–H groups in total. The SMILES string of the molecule is CNCCC1CCCCN1c1cccc(Cl)c1C#N. The summed E-state index contributed by atoms with van der Waals surface area (Å²) in [5.74, 6) is 0. The molecule has 1 aromatic carbocycles. The van der Waals surface area contributed by atoms with Crippen molar-refractivity contribution >= 4 is 17.3 Å². The van der Waals surface area contributed by atoms with Crippen LogP contribution in [-0.4, -0.2) is 26.2 Å². The van der Waals surface area contributed by atoms with Gasteiger partial charge < -0.3 is 10.2 Å². The Bertz CT molecular complexity index is 467. The lowest BCUT2D eigenvalue weighted by Crippen LogP contribution is -2.41. The molecule has 1 heterocycles. The van der Waals surface area contributed by atoms with Gasteiger partial charge in [0.2, 0.25) is 0 Å². The number of anilines is 1. The molecule has 1 saturated heterocycles. The maximum absolute atomic E-state index is 9.32. The highest BCUT2D eigenvalue weighted by molar-refractivity contribution is 6.32. The number of piperidine rings is 1. The molecule has 0 bridgehead atoms. The second-order valence-electron chi connectivity index (χ2n) is 4.98.